The first-order chi connectivity index (χ1) is 7.22. The molecule has 15 heavy (non-hydrogen) atoms. The van der Waals surface area contributed by atoms with E-state index in [0.717, 1.165) is 0 Å². The zero-order chi connectivity index (χ0) is 11.3. The molecule has 0 N–H and O–H groups in total. The molecule has 1 aliphatic rings. The Labute approximate surface area is 85.5 Å². The van der Waals surface area contributed by atoms with Gasteiger partial charge >= 0.3 is 5.97 Å². The minimum absolute atomic E-state index is 0.346. The predicted octanol–water partition coefficient (Wildman–Crippen LogP) is 1.93. The Balaban J connectivity index is 2.77. The molecule has 1 rings (SSSR count). The molecule has 1 saturated carbocycles. The third-order valence-corrected chi connectivity index (χ3v) is 2.43. The lowest BCUT2D eigenvalue weighted by Crippen LogP contribution is -2.13. The molecule has 80 valence electrons. The number of ether oxygens (including phenoxy) is 1. The van der Waals surface area contributed by atoms with E-state index in [1.165, 1.54) is 7.11 Å². The van der Waals surface area contributed by atoms with Crippen LogP contribution in [-0.4, -0.2) is 25.2 Å². The second-order valence-corrected chi connectivity index (χ2v) is 3.24. The van der Waals surface area contributed by atoms with Crippen molar-refractivity contribution in [2.75, 3.05) is 7.11 Å². The molecule has 0 aromatic rings. The minimum Gasteiger partial charge on any atom is -0.469 e. The van der Waals surface area contributed by atoms with Gasteiger partial charge in [-0.2, -0.15) is 0 Å². The van der Waals surface area contributed by atoms with Crippen LogP contribution in [0.4, 0.5) is 0 Å². The third kappa shape index (κ3) is 2.52. The van der Waals surface area contributed by atoms with Gasteiger partial charge in [-0.25, -0.2) is 0 Å². The van der Waals surface area contributed by atoms with Gasteiger partial charge in [-0.05, 0) is 23.9 Å². The zero-order valence-electron chi connectivity index (χ0n) is 8.15. The van der Waals surface area contributed by atoms with E-state index in [2.05, 4.69) is 24.8 Å². The average Bonchev–Trinajstić information content (AvgIpc) is 2.62. The normalized spacial score (nSPS) is 28.7. The topological polar surface area (TPSA) is 124 Å². The molecule has 0 aliphatic heterocycles. The standard InChI is InChI=1S/C7H10N6O2/c1-15-7(14)4-2-5(10-12-8)6(3-4)11-13-9/h4-6H,2-3H2,1H3/t5-,6-/m1/s1. The molecule has 0 bridgehead atoms. The fourth-order valence-corrected chi connectivity index (χ4v) is 1.73. The van der Waals surface area contributed by atoms with E-state index in [-0.39, 0.29) is 11.9 Å². The highest BCUT2D eigenvalue weighted by Gasteiger charge is 2.37. The van der Waals surface area contributed by atoms with E-state index in [9.17, 15) is 4.79 Å². The Kier molecular flexibility index (Phi) is 3.79. The lowest BCUT2D eigenvalue weighted by atomic mass is 10.1. The lowest BCUT2D eigenvalue weighted by molar-refractivity contribution is -0.145. The summed E-state index contributed by atoms with van der Waals surface area (Å²) < 4.78 is 4.58. The second kappa shape index (κ2) is 5.09. The monoisotopic (exact) mass is 210 g/mol. The summed E-state index contributed by atoms with van der Waals surface area (Å²) in [5, 5.41) is 7.00. The Morgan fingerprint density at radius 1 is 1.27 bits per heavy atom. The zero-order valence-corrected chi connectivity index (χ0v) is 8.15. The number of hydrogen-bond acceptors (Lipinski definition) is 4. The van der Waals surface area contributed by atoms with Gasteiger partial charge in [-0.3, -0.25) is 4.79 Å². The van der Waals surface area contributed by atoms with Crippen molar-refractivity contribution in [1.29, 1.82) is 0 Å². The maximum absolute atomic E-state index is 11.2. The number of azide groups is 2. The van der Waals surface area contributed by atoms with Gasteiger partial charge in [0.1, 0.15) is 0 Å². The quantitative estimate of drug-likeness (QED) is 0.305. The Morgan fingerprint density at radius 2 is 1.73 bits per heavy atom. The van der Waals surface area contributed by atoms with Crippen molar-refractivity contribution in [3.8, 4) is 0 Å². The smallest absolute Gasteiger partial charge is 0.308 e. The van der Waals surface area contributed by atoms with E-state index in [4.69, 9.17) is 11.1 Å². The summed E-state index contributed by atoms with van der Waals surface area (Å²) in [5.41, 5.74) is 16.6. The van der Waals surface area contributed by atoms with Crippen LogP contribution in [0, 0.1) is 5.92 Å². The van der Waals surface area contributed by atoms with E-state index >= 15 is 0 Å². The summed E-state index contributed by atoms with van der Waals surface area (Å²) in [6, 6.07) is -0.898. The molecule has 0 aromatic carbocycles. The van der Waals surface area contributed by atoms with Crippen molar-refractivity contribution in [3.05, 3.63) is 20.9 Å². The van der Waals surface area contributed by atoms with Gasteiger partial charge in [0.2, 0.25) is 0 Å². The van der Waals surface area contributed by atoms with Crippen LogP contribution in [0.2, 0.25) is 0 Å². The molecule has 1 fully saturated rings. The Morgan fingerprint density at radius 3 is 2.07 bits per heavy atom. The van der Waals surface area contributed by atoms with Crippen molar-refractivity contribution < 1.29 is 9.53 Å². The summed E-state index contributed by atoms with van der Waals surface area (Å²) in [6.45, 7) is 0. The van der Waals surface area contributed by atoms with Crippen LogP contribution in [0.5, 0.6) is 0 Å². The summed E-state index contributed by atoms with van der Waals surface area (Å²) in [4.78, 5) is 16.5. The molecule has 0 radical (unpaired) electrons. The summed E-state index contributed by atoms with van der Waals surface area (Å²) in [7, 11) is 1.30. The van der Waals surface area contributed by atoms with E-state index in [0.29, 0.717) is 12.8 Å². The van der Waals surface area contributed by atoms with Gasteiger partial charge in [-0.15, -0.1) is 0 Å². The first-order valence-electron chi connectivity index (χ1n) is 4.39. The summed E-state index contributed by atoms with van der Waals surface area (Å²) >= 11 is 0. The highest BCUT2D eigenvalue weighted by atomic mass is 16.5. The number of rotatable bonds is 3. The number of hydrogen-bond donors (Lipinski definition) is 0. The molecule has 0 spiro atoms. The summed E-state index contributed by atoms with van der Waals surface area (Å²) in [5.74, 6) is -0.704. The van der Waals surface area contributed by atoms with Crippen molar-refractivity contribution in [2.45, 2.75) is 24.9 Å². The molecular formula is C7H10N6O2. The highest BCUT2D eigenvalue weighted by molar-refractivity contribution is 5.72. The maximum atomic E-state index is 11.2. The second-order valence-electron chi connectivity index (χ2n) is 3.24. The molecule has 8 nitrogen and oxygen atoms in total. The maximum Gasteiger partial charge on any atom is 0.308 e. The van der Waals surface area contributed by atoms with Crippen LogP contribution in [-0.2, 0) is 9.53 Å². The molecule has 1 aliphatic carbocycles. The predicted molar refractivity (Wildman–Crippen MR) is 50.6 cm³/mol. The number of methoxy groups -OCH3 is 1. The van der Waals surface area contributed by atoms with Gasteiger partial charge in [0.15, 0.2) is 0 Å². The lowest BCUT2D eigenvalue weighted by Gasteiger charge is -2.04. The van der Waals surface area contributed by atoms with Crippen LogP contribution in [0.3, 0.4) is 0 Å². The average molecular weight is 210 g/mol. The van der Waals surface area contributed by atoms with Gasteiger partial charge < -0.3 is 4.74 Å². The Hall–Kier alpha value is -1.91. The van der Waals surface area contributed by atoms with E-state index in [1.54, 1.807) is 0 Å². The number of nitrogens with zero attached hydrogens (tertiary/aromatic N) is 6. The number of carbonyl (C=O) groups excluding carboxylic acids is 1. The van der Waals surface area contributed by atoms with E-state index < -0.39 is 12.1 Å². The number of carbonyl (C=O) groups is 1. The third-order valence-electron chi connectivity index (χ3n) is 2.43. The summed E-state index contributed by atoms with van der Waals surface area (Å²) in [6.07, 6.45) is 0.751. The fraction of sp³-hybridized carbons (Fsp3) is 0.857. The van der Waals surface area contributed by atoms with Crippen LogP contribution in [0.25, 0.3) is 20.9 Å². The molecule has 0 saturated heterocycles. The largest absolute Gasteiger partial charge is 0.469 e. The van der Waals surface area contributed by atoms with Crippen LogP contribution >= 0.6 is 0 Å². The fourth-order valence-electron chi connectivity index (χ4n) is 1.73. The first kappa shape index (κ1) is 11.2. The van der Waals surface area contributed by atoms with Gasteiger partial charge in [0.25, 0.3) is 0 Å². The van der Waals surface area contributed by atoms with Crippen molar-refractivity contribution in [2.24, 2.45) is 16.1 Å². The van der Waals surface area contributed by atoms with Crippen molar-refractivity contribution in [1.82, 2.24) is 0 Å². The van der Waals surface area contributed by atoms with E-state index in [1.807, 2.05) is 0 Å². The number of esters is 1. The van der Waals surface area contributed by atoms with Gasteiger partial charge in [-0.1, -0.05) is 10.2 Å². The molecule has 0 heterocycles. The molecular weight excluding hydrogens is 200 g/mol. The molecule has 2 atom stereocenters. The minimum atomic E-state index is -0.449. The molecule has 0 aromatic heterocycles. The molecule has 0 amide bonds. The van der Waals surface area contributed by atoms with Gasteiger partial charge in [0, 0.05) is 21.9 Å². The van der Waals surface area contributed by atoms with Crippen molar-refractivity contribution in [3.63, 3.8) is 0 Å². The van der Waals surface area contributed by atoms with Crippen LogP contribution in [0.1, 0.15) is 12.8 Å². The van der Waals surface area contributed by atoms with Crippen molar-refractivity contribution >= 4 is 5.97 Å². The molecule has 0 unspecified atom stereocenters. The van der Waals surface area contributed by atoms with Gasteiger partial charge in [0.05, 0.1) is 13.0 Å². The Bertz CT molecular complexity index is 317. The van der Waals surface area contributed by atoms with Crippen LogP contribution < -0.4 is 0 Å². The van der Waals surface area contributed by atoms with Crippen LogP contribution in [0.15, 0.2) is 10.2 Å². The first-order valence-corrected chi connectivity index (χ1v) is 4.39. The highest BCUT2D eigenvalue weighted by Crippen LogP contribution is 2.31. The molecule has 8 heteroatoms. The SMILES string of the molecule is COC(=O)C1C[C@@H](N=[N+]=[N-])[C@H](N=[N+]=[N-])C1.